The number of rotatable bonds is 4. The molecule has 4 heterocycles. The van der Waals surface area contributed by atoms with Crippen LogP contribution in [0.25, 0.3) is 5.82 Å². The maximum absolute atomic E-state index is 4.55. The van der Waals surface area contributed by atoms with Gasteiger partial charge in [0.25, 0.3) is 0 Å². The van der Waals surface area contributed by atoms with Crippen molar-refractivity contribution in [3.63, 3.8) is 0 Å². The topological polar surface area (TPSA) is 49.2 Å². The molecule has 23 heavy (non-hydrogen) atoms. The summed E-state index contributed by atoms with van der Waals surface area (Å²) in [5.74, 6) is 0.923. The molecule has 6 nitrogen and oxygen atoms in total. The van der Waals surface area contributed by atoms with Crippen LogP contribution >= 0.6 is 0 Å². The number of hydrogen-bond acceptors (Lipinski definition) is 5. The molecule has 2 aliphatic rings. The summed E-state index contributed by atoms with van der Waals surface area (Å²) in [5.41, 5.74) is 1.29. The number of nitrogens with one attached hydrogen (secondary N) is 1. The third-order valence-electron chi connectivity index (χ3n) is 4.90. The van der Waals surface area contributed by atoms with E-state index in [4.69, 9.17) is 0 Å². The summed E-state index contributed by atoms with van der Waals surface area (Å²) in [6, 6.07) is 4.98. The number of pyridine rings is 1. The highest BCUT2D eigenvalue weighted by Gasteiger charge is 2.28. The minimum Gasteiger partial charge on any atom is -0.314 e. The second-order valence-electron chi connectivity index (χ2n) is 6.46. The van der Waals surface area contributed by atoms with E-state index in [1.807, 2.05) is 17.0 Å². The Labute approximate surface area is 137 Å². The molecule has 2 saturated heterocycles. The maximum Gasteiger partial charge on any atom is 0.137 e. The Bertz CT molecular complexity index is 603. The van der Waals surface area contributed by atoms with Crippen molar-refractivity contribution in [3.05, 3.63) is 42.6 Å². The summed E-state index contributed by atoms with van der Waals surface area (Å²) in [6.45, 7) is 8.03. The molecule has 2 fully saturated rings. The third kappa shape index (κ3) is 3.44. The minimum absolute atomic E-state index is 0.732. The molecule has 2 aliphatic heterocycles. The van der Waals surface area contributed by atoms with Crippen LogP contribution in [-0.2, 0) is 6.54 Å². The molecule has 2 aromatic rings. The predicted molar refractivity (Wildman–Crippen MR) is 89.5 cm³/mol. The molecular weight excluding hydrogens is 288 g/mol. The van der Waals surface area contributed by atoms with Gasteiger partial charge < -0.3 is 5.32 Å². The van der Waals surface area contributed by atoms with E-state index in [1.54, 1.807) is 12.5 Å². The lowest BCUT2D eigenvalue weighted by molar-refractivity contribution is 0.170. The SMILES string of the molecule is c1cn(-c2ccc(CN3CCC(N4CCNCC4)C3)cn2)cn1. The highest BCUT2D eigenvalue weighted by atomic mass is 15.3. The van der Waals surface area contributed by atoms with Crippen molar-refractivity contribution in [2.24, 2.45) is 0 Å². The third-order valence-corrected chi connectivity index (χ3v) is 4.90. The van der Waals surface area contributed by atoms with E-state index in [-0.39, 0.29) is 0 Å². The van der Waals surface area contributed by atoms with E-state index >= 15 is 0 Å². The molecule has 1 N–H and O–H groups in total. The van der Waals surface area contributed by atoms with Crippen molar-refractivity contribution in [3.8, 4) is 5.82 Å². The summed E-state index contributed by atoms with van der Waals surface area (Å²) in [4.78, 5) is 13.8. The fourth-order valence-corrected chi connectivity index (χ4v) is 3.62. The van der Waals surface area contributed by atoms with Gasteiger partial charge in [0.1, 0.15) is 12.1 Å². The first-order valence-electron chi connectivity index (χ1n) is 8.49. The molecule has 1 unspecified atom stereocenters. The number of piperazine rings is 1. The van der Waals surface area contributed by atoms with Crippen molar-refractivity contribution < 1.29 is 0 Å². The number of aromatic nitrogens is 3. The average Bonchev–Trinajstić information content (AvgIpc) is 3.28. The molecule has 0 saturated carbocycles. The van der Waals surface area contributed by atoms with Crippen molar-refractivity contribution in [1.82, 2.24) is 29.7 Å². The van der Waals surface area contributed by atoms with Gasteiger partial charge in [-0.1, -0.05) is 6.07 Å². The molecule has 2 aromatic heterocycles. The van der Waals surface area contributed by atoms with Crippen LogP contribution in [0.3, 0.4) is 0 Å². The predicted octanol–water partition coefficient (Wildman–Crippen LogP) is 0.747. The van der Waals surface area contributed by atoms with Crippen molar-refractivity contribution in [2.75, 3.05) is 39.3 Å². The van der Waals surface area contributed by atoms with Gasteiger partial charge in [-0.3, -0.25) is 14.4 Å². The zero-order chi connectivity index (χ0) is 15.5. The van der Waals surface area contributed by atoms with Gasteiger partial charge >= 0.3 is 0 Å². The zero-order valence-corrected chi connectivity index (χ0v) is 13.4. The highest BCUT2D eigenvalue weighted by molar-refractivity contribution is 5.25. The van der Waals surface area contributed by atoms with Crippen LogP contribution in [0.1, 0.15) is 12.0 Å². The minimum atomic E-state index is 0.732. The van der Waals surface area contributed by atoms with E-state index < -0.39 is 0 Å². The molecule has 0 spiro atoms. The number of imidazole rings is 1. The molecule has 4 rings (SSSR count). The second kappa shape index (κ2) is 6.78. The Balaban J connectivity index is 1.33. The Hall–Kier alpha value is -1.76. The first-order chi connectivity index (χ1) is 11.4. The lowest BCUT2D eigenvalue weighted by Gasteiger charge is -2.32. The molecule has 0 radical (unpaired) electrons. The molecule has 0 amide bonds. The monoisotopic (exact) mass is 312 g/mol. The smallest absolute Gasteiger partial charge is 0.137 e. The largest absolute Gasteiger partial charge is 0.314 e. The van der Waals surface area contributed by atoms with E-state index in [2.05, 4.69) is 37.2 Å². The molecule has 1 atom stereocenters. The summed E-state index contributed by atoms with van der Waals surface area (Å²) in [5, 5.41) is 3.44. The van der Waals surface area contributed by atoms with Gasteiger partial charge in [-0.2, -0.15) is 0 Å². The molecule has 0 bridgehead atoms. The van der Waals surface area contributed by atoms with Crippen molar-refractivity contribution >= 4 is 0 Å². The average molecular weight is 312 g/mol. The quantitative estimate of drug-likeness (QED) is 0.903. The highest BCUT2D eigenvalue weighted by Crippen LogP contribution is 2.18. The summed E-state index contributed by atoms with van der Waals surface area (Å²) in [7, 11) is 0. The number of likely N-dealkylation sites (tertiary alicyclic amines) is 1. The van der Waals surface area contributed by atoms with Gasteiger partial charge in [-0.25, -0.2) is 9.97 Å². The summed E-state index contributed by atoms with van der Waals surface area (Å²) in [6.07, 6.45) is 8.76. The van der Waals surface area contributed by atoms with Crippen LogP contribution < -0.4 is 5.32 Å². The zero-order valence-electron chi connectivity index (χ0n) is 13.4. The van der Waals surface area contributed by atoms with Crippen LogP contribution in [0.15, 0.2) is 37.1 Å². The Morgan fingerprint density at radius 2 is 2.09 bits per heavy atom. The number of hydrogen-bond donors (Lipinski definition) is 1. The fourth-order valence-electron chi connectivity index (χ4n) is 3.62. The molecule has 6 heteroatoms. The van der Waals surface area contributed by atoms with Crippen LogP contribution in [0.5, 0.6) is 0 Å². The first kappa shape index (κ1) is 14.8. The molecule has 122 valence electrons. The maximum atomic E-state index is 4.55. The standard InChI is InChI=1S/C17H24N6/c1-2-17(23-10-6-19-14-23)20-11-15(1)12-21-7-3-16(13-21)22-8-4-18-5-9-22/h1-2,6,10-11,14,16,18H,3-5,7-9,12-13H2. The lowest BCUT2D eigenvalue weighted by atomic mass is 10.2. The Morgan fingerprint density at radius 3 is 2.83 bits per heavy atom. The van der Waals surface area contributed by atoms with Crippen LogP contribution in [0.2, 0.25) is 0 Å². The fraction of sp³-hybridized carbons (Fsp3) is 0.529. The van der Waals surface area contributed by atoms with Crippen molar-refractivity contribution in [1.29, 1.82) is 0 Å². The van der Waals surface area contributed by atoms with Gasteiger partial charge in [0, 0.05) is 70.4 Å². The summed E-state index contributed by atoms with van der Waals surface area (Å²) < 4.78 is 1.93. The number of nitrogens with zero attached hydrogens (tertiary/aromatic N) is 5. The first-order valence-corrected chi connectivity index (χ1v) is 8.49. The Morgan fingerprint density at radius 1 is 1.17 bits per heavy atom. The Kier molecular flexibility index (Phi) is 4.37. The van der Waals surface area contributed by atoms with Gasteiger partial charge in [-0.15, -0.1) is 0 Å². The second-order valence-corrected chi connectivity index (χ2v) is 6.46. The van der Waals surface area contributed by atoms with E-state index in [9.17, 15) is 0 Å². The van der Waals surface area contributed by atoms with E-state index in [0.29, 0.717) is 0 Å². The van der Waals surface area contributed by atoms with Crippen LogP contribution in [-0.4, -0.2) is 69.6 Å². The van der Waals surface area contributed by atoms with Crippen molar-refractivity contribution in [2.45, 2.75) is 19.0 Å². The van der Waals surface area contributed by atoms with E-state index in [1.165, 1.54) is 38.2 Å². The van der Waals surface area contributed by atoms with Crippen LogP contribution in [0.4, 0.5) is 0 Å². The normalized spacial score (nSPS) is 23.4. The van der Waals surface area contributed by atoms with Gasteiger partial charge in [0.2, 0.25) is 0 Å². The van der Waals surface area contributed by atoms with E-state index in [0.717, 1.165) is 31.5 Å². The lowest BCUT2D eigenvalue weighted by Crippen LogP contribution is -2.49. The molecular formula is C17H24N6. The summed E-state index contributed by atoms with van der Waals surface area (Å²) >= 11 is 0. The van der Waals surface area contributed by atoms with Gasteiger partial charge in [0.05, 0.1) is 0 Å². The van der Waals surface area contributed by atoms with Crippen LogP contribution in [0, 0.1) is 0 Å². The van der Waals surface area contributed by atoms with Gasteiger partial charge in [-0.05, 0) is 18.1 Å². The molecule has 0 aliphatic carbocycles. The van der Waals surface area contributed by atoms with Gasteiger partial charge in [0.15, 0.2) is 0 Å². The molecule has 0 aromatic carbocycles.